The van der Waals surface area contributed by atoms with Gasteiger partial charge in [0.2, 0.25) is 0 Å². The van der Waals surface area contributed by atoms with E-state index in [1.54, 1.807) is 23.9 Å². The third-order valence-corrected chi connectivity index (χ3v) is 6.15. The van der Waals surface area contributed by atoms with Crippen molar-refractivity contribution in [3.63, 3.8) is 0 Å². The summed E-state index contributed by atoms with van der Waals surface area (Å²) < 4.78 is 1.89. The van der Waals surface area contributed by atoms with Gasteiger partial charge in [0.15, 0.2) is 5.78 Å². The lowest BCUT2D eigenvalue weighted by Gasteiger charge is -2.07. The Morgan fingerprint density at radius 3 is 2.89 bits per heavy atom. The molecule has 3 aromatic heterocycles. The molecule has 4 aromatic rings. The second-order valence-electron chi connectivity index (χ2n) is 6.91. The van der Waals surface area contributed by atoms with Crippen LogP contribution in [0.25, 0.3) is 11.0 Å². The Morgan fingerprint density at radius 2 is 2.07 bits per heavy atom. The van der Waals surface area contributed by atoms with Crippen LogP contribution >= 0.6 is 22.9 Å². The fraction of sp³-hybridized carbons (Fsp3) is 0.238. The number of pyridine rings is 1. The van der Waals surface area contributed by atoms with Crippen molar-refractivity contribution in [2.45, 2.75) is 25.7 Å². The molecule has 3 heterocycles. The Balaban J connectivity index is 1.45. The van der Waals surface area contributed by atoms with E-state index in [-0.39, 0.29) is 11.7 Å². The van der Waals surface area contributed by atoms with Crippen LogP contribution in [0.4, 0.5) is 0 Å². The van der Waals surface area contributed by atoms with Gasteiger partial charge in [-0.15, -0.1) is 11.3 Å². The topological polar surface area (TPSA) is 60.7 Å². The summed E-state index contributed by atoms with van der Waals surface area (Å²) in [5, 5.41) is 1.75. The highest BCUT2D eigenvalue weighted by atomic mass is 35.5. The van der Waals surface area contributed by atoms with Crippen LogP contribution < -0.4 is 0 Å². The third-order valence-electron chi connectivity index (χ3n) is 4.69. The van der Waals surface area contributed by atoms with E-state index in [1.165, 1.54) is 0 Å². The number of rotatable bonds is 6. The number of carbonyl (C=O) groups excluding carboxylic acids is 1. The number of hydrogen-bond acceptors (Lipinski definition) is 5. The average molecular weight is 411 g/mol. The highest BCUT2D eigenvalue weighted by Crippen LogP contribution is 2.28. The van der Waals surface area contributed by atoms with E-state index in [1.807, 2.05) is 48.1 Å². The maximum atomic E-state index is 12.7. The molecule has 0 aliphatic rings. The van der Waals surface area contributed by atoms with Gasteiger partial charge in [0.25, 0.3) is 0 Å². The number of fused-ring (bicyclic) bond motifs is 1. The maximum Gasteiger partial charge on any atom is 0.181 e. The van der Waals surface area contributed by atoms with E-state index in [9.17, 15) is 4.79 Å². The monoisotopic (exact) mass is 410 g/mol. The van der Waals surface area contributed by atoms with Gasteiger partial charge in [-0.05, 0) is 29.7 Å². The predicted molar refractivity (Wildman–Crippen MR) is 112 cm³/mol. The number of imidazole rings is 1. The quantitative estimate of drug-likeness (QED) is 0.417. The first-order valence-electron chi connectivity index (χ1n) is 8.99. The Bertz CT molecular complexity index is 1150. The zero-order chi connectivity index (χ0) is 19.7. The molecule has 0 N–H and O–H groups in total. The number of halogens is 1. The molecule has 1 aromatic carbocycles. The number of thiazole rings is 1. The van der Waals surface area contributed by atoms with Crippen LogP contribution in [-0.2, 0) is 13.5 Å². The zero-order valence-electron chi connectivity index (χ0n) is 15.6. The SMILES string of the molecule is CC(CC(=O)c1cc2c(cn1)ncn2C)c1cnc(Cc2cccc(Cl)c2)s1. The molecule has 0 fully saturated rings. The summed E-state index contributed by atoms with van der Waals surface area (Å²) in [4.78, 5) is 26.9. The minimum atomic E-state index is 0.0281. The molecule has 0 aliphatic heterocycles. The lowest BCUT2D eigenvalue weighted by Crippen LogP contribution is -2.06. The van der Waals surface area contributed by atoms with Gasteiger partial charge in [0.1, 0.15) is 11.2 Å². The molecule has 0 aliphatic carbocycles. The van der Waals surface area contributed by atoms with E-state index in [0.29, 0.717) is 12.1 Å². The number of carbonyl (C=O) groups is 1. The second-order valence-corrected chi connectivity index (χ2v) is 8.49. The fourth-order valence-electron chi connectivity index (χ4n) is 3.12. The van der Waals surface area contributed by atoms with E-state index in [2.05, 4.69) is 21.9 Å². The lowest BCUT2D eigenvalue weighted by atomic mass is 10.0. The number of nitrogens with zero attached hydrogens (tertiary/aromatic N) is 4. The van der Waals surface area contributed by atoms with Crippen LogP contribution in [0.2, 0.25) is 5.02 Å². The molecule has 0 saturated carbocycles. The summed E-state index contributed by atoms with van der Waals surface area (Å²) in [5.74, 6) is 0.113. The van der Waals surface area contributed by atoms with Crippen molar-refractivity contribution in [2.75, 3.05) is 0 Å². The Kier molecular flexibility index (Phi) is 5.24. The first-order chi connectivity index (χ1) is 13.5. The summed E-state index contributed by atoms with van der Waals surface area (Å²) in [6.07, 6.45) is 6.39. The molecule has 0 saturated heterocycles. The van der Waals surface area contributed by atoms with E-state index >= 15 is 0 Å². The van der Waals surface area contributed by atoms with Gasteiger partial charge in [0.05, 0.1) is 23.0 Å². The summed E-state index contributed by atoms with van der Waals surface area (Å²) in [7, 11) is 1.91. The molecule has 0 bridgehead atoms. The Hall–Kier alpha value is -2.57. The van der Waals surface area contributed by atoms with Crippen molar-refractivity contribution in [1.82, 2.24) is 19.5 Å². The van der Waals surface area contributed by atoms with E-state index in [0.717, 1.165) is 37.9 Å². The largest absolute Gasteiger partial charge is 0.334 e. The van der Waals surface area contributed by atoms with Gasteiger partial charge in [-0.2, -0.15) is 0 Å². The summed E-state index contributed by atoms with van der Waals surface area (Å²) >= 11 is 7.70. The van der Waals surface area contributed by atoms with Crippen molar-refractivity contribution < 1.29 is 4.79 Å². The Morgan fingerprint density at radius 1 is 1.21 bits per heavy atom. The molecular formula is C21H19ClN4OS. The molecule has 7 heteroatoms. The number of Topliss-reactive ketones (excluding diaryl/α,β-unsaturated/α-hetero) is 1. The molecule has 0 radical (unpaired) electrons. The second kappa shape index (κ2) is 7.81. The molecule has 0 spiro atoms. The smallest absolute Gasteiger partial charge is 0.181 e. The van der Waals surface area contributed by atoms with Crippen molar-refractivity contribution in [1.29, 1.82) is 0 Å². The van der Waals surface area contributed by atoms with Crippen LogP contribution in [0.15, 0.2) is 49.1 Å². The van der Waals surface area contributed by atoms with Gasteiger partial charge in [-0.25, -0.2) is 9.97 Å². The summed E-state index contributed by atoms with van der Waals surface area (Å²) in [6, 6.07) is 9.62. The van der Waals surface area contributed by atoms with Crippen LogP contribution in [0.3, 0.4) is 0 Å². The highest BCUT2D eigenvalue weighted by Gasteiger charge is 2.17. The third kappa shape index (κ3) is 3.98. The summed E-state index contributed by atoms with van der Waals surface area (Å²) in [6.45, 7) is 2.05. The highest BCUT2D eigenvalue weighted by molar-refractivity contribution is 7.11. The van der Waals surface area contributed by atoms with Gasteiger partial charge in [-0.1, -0.05) is 30.7 Å². The normalized spacial score (nSPS) is 12.4. The number of aromatic nitrogens is 4. The number of ketones is 1. The molecule has 0 amide bonds. The Labute approximate surface area is 172 Å². The maximum absolute atomic E-state index is 12.7. The molecule has 28 heavy (non-hydrogen) atoms. The van der Waals surface area contributed by atoms with Crippen molar-refractivity contribution in [3.05, 3.63) is 75.2 Å². The van der Waals surface area contributed by atoms with Crippen LogP contribution in [0, 0.1) is 0 Å². The zero-order valence-corrected chi connectivity index (χ0v) is 17.2. The minimum absolute atomic E-state index is 0.0281. The van der Waals surface area contributed by atoms with Crippen LogP contribution in [0.5, 0.6) is 0 Å². The predicted octanol–water partition coefficient (Wildman–Crippen LogP) is 5.05. The molecular weight excluding hydrogens is 392 g/mol. The molecule has 4 rings (SSSR count). The fourth-order valence-corrected chi connectivity index (χ4v) is 4.34. The average Bonchev–Trinajstić information content (AvgIpc) is 3.28. The first kappa shape index (κ1) is 18.8. The number of aryl methyl sites for hydroxylation is 1. The molecule has 5 nitrogen and oxygen atoms in total. The van der Waals surface area contributed by atoms with Crippen LogP contribution in [0.1, 0.15) is 45.2 Å². The molecule has 142 valence electrons. The van der Waals surface area contributed by atoms with Gasteiger partial charge < -0.3 is 4.57 Å². The number of hydrogen-bond donors (Lipinski definition) is 0. The first-order valence-corrected chi connectivity index (χ1v) is 10.2. The standard InChI is InChI=1S/C21H19ClN4OS/c1-13(6-19(27)16-9-18-17(10-23-16)25-12-26(18)2)20-11-24-21(28-20)8-14-4-3-5-15(22)7-14/h3-5,7,9-13H,6,8H2,1-2H3. The molecule has 1 unspecified atom stereocenters. The van der Waals surface area contributed by atoms with Gasteiger partial charge in [0, 0.05) is 36.0 Å². The lowest BCUT2D eigenvalue weighted by molar-refractivity contribution is 0.0971. The van der Waals surface area contributed by atoms with E-state index < -0.39 is 0 Å². The molecule has 1 atom stereocenters. The minimum Gasteiger partial charge on any atom is -0.334 e. The number of benzene rings is 1. The van der Waals surface area contributed by atoms with Crippen molar-refractivity contribution in [2.24, 2.45) is 7.05 Å². The van der Waals surface area contributed by atoms with Crippen molar-refractivity contribution in [3.8, 4) is 0 Å². The van der Waals surface area contributed by atoms with Crippen LogP contribution in [-0.4, -0.2) is 25.3 Å². The van der Waals surface area contributed by atoms with E-state index in [4.69, 9.17) is 11.6 Å². The van der Waals surface area contributed by atoms with Crippen molar-refractivity contribution >= 4 is 39.8 Å². The van der Waals surface area contributed by atoms with Gasteiger partial charge in [-0.3, -0.25) is 9.78 Å². The van der Waals surface area contributed by atoms with Gasteiger partial charge >= 0.3 is 0 Å². The summed E-state index contributed by atoms with van der Waals surface area (Å²) in [5.41, 5.74) is 3.31.